The summed E-state index contributed by atoms with van der Waals surface area (Å²) in [6.45, 7) is 0.498. The first-order chi connectivity index (χ1) is 5.55. The molecule has 1 fully saturated rings. The molecule has 0 bridgehead atoms. The lowest BCUT2D eigenvalue weighted by Gasteiger charge is -2.31. The van der Waals surface area contributed by atoms with Crippen LogP contribution >= 0.6 is 0 Å². The summed E-state index contributed by atoms with van der Waals surface area (Å²) in [4.78, 5) is 11.0. The van der Waals surface area contributed by atoms with Crippen molar-refractivity contribution in [3.05, 3.63) is 0 Å². The summed E-state index contributed by atoms with van der Waals surface area (Å²) < 4.78 is 30.5. The van der Waals surface area contributed by atoms with Gasteiger partial charge < -0.3 is 10.5 Å². The molecule has 1 aliphatic heterocycles. The molecule has 2 N–H and O–H groups in total. The highest BCUT2D eigenvalue weighted by atomic mass is 19.3. The molecule has 0 aromatic rings. The number of hydrogen-bond donors (Lipinski definition) is 1. The summed E-state index contributed by atoms with van der Waals surface area (Å²) in [6, 6.07) is -3.54. The molecule has 70 valence electrons. The molecule has 0 atom stereocenters. The Balaban J connectivity index is 2.59. The lowest BCUT2D eigenvalue weighted by molar-refractivity contribution is -0.185. The predicted molar refractivity (Wildman–Crippen MR) is 36.5 cm³/mol. The maximum absolute atomic E-state index is 12.8. The molecule has 0 aliphatic carbocycles. The Morgan fingerprint density at radius 3 is 2.33 bits per heavy atom. The van der Waals surface area contributed by atoms with Gasteiger partial charge >= 0.3 is 12.0 Å². The maximum Gasteiger partial charge on any atom is 0.383 e. The molecule has 4 nitrogen and oxygen atoms in total. The van der Waals surface area contributed by atoms with Crippen LogP contribution in [0.25, 0.3) is 0 Å². The van der Waals surface area contributed by atoms with Gasteiger partial charge in [0, 0.05) is 13.1 Å². The quantitative estimate of drug-likeness (QED) is 0.577. The number of amides is 1. The predicted octanol–water partition coefficient (Wildman–Crippen LogP) is -0.603. The van der Waals surface area contributed by atoms with Gasteiger partial charge in [-0.1, -0.05) is 0 Å². The number of halogens is 2. The molecule has 0 unspecified atom stereocenters. The molecule has 0 aromatic carbocycles. The molecular formula is C6H10F2N2O2. The Kier molecular flexibility index (Phi) is 2.58. The summed E-state index contributed by atoms with van der Waals surface area (Å²) in [5, 5.41) is 0. The van der Waals surface area contributed by atoms with Gasteiger partial charge in [0.05, 0.1) is 13.2 Å². The third-order valence-electron chi connectivity index (χ3n) is 1.70. The van der Waals surface area contributed by atoms with Crippen LogP contribution in [0.3, 0.4) is 0 Å². The van der Waals surface area contributed by atoms with E-state index in [0.717, 1.165) is 4.90 Å². The van der Waals surface area contributed by atoms with Crippen LogP contribution in [0.5, 0.6) is 0 Å². The number of hydrogen-bond acceptors (Lipinski definition) is 3. The van der Waals surface area contributed by atoms with Gasteiger partial charge in [-0.15, -0.1) is 0 Å². The monoisotopic (exact) mass is 180 g/mol. The number of primary amides is 1. The van der Waals surface area contributed by atoms with Crippen molar-refractivity contribution in [1.29, 1.82) is 0 Å². The second-order valence-electron chi connectivity index (χ2n) is 2.50. The van der Waals surface area contributed by atoms with Gasteiger partial charge in [0.1, 0.15) is 0 Å². The molecule has 0 saturated carbocycles. The van der Waals surface area contributed by atoms with Crippen LogP contribution in [-0.4, -0.2) is 43.2 Å². The molecule has 1 saturated heterocycles. The molecule has 1 rings (SSSR count). The highest BCUT2D eigenvalue weighted by Gasteiger charge is 2.43. The number of carbonyl (C=O) groups is 1. The number of alkyl halides is 2. The van der Waals surface area contributed by atoms with Gasteiger partial charge in [0.2, 0.25) is 0 Å². The van der Waals surface area contributed by atoms with Gasteiger partial charge in [-0.05, 0) is 0 Å². The largest absolute Gasteiger partial charge is 0.383 e. The fraction of sp³-hybridized carbons (Fsp3) is 0.833. The van der Waals surface area contributed by atoms with Gasteiger partial charge in [-0.25, -0.2) is 4.90 Å². The Labute approximate surface area is 68.3 Å². The minimum atomic E-state index is -3.54. The molecule has 1 heterocycles. The van der Waals surface area contributed by atoms with E-state index in [1.807, 2.05) is 0 Å². The van der Waals surface area contributed by atoms with E-state index < -0.39 is 12.0 Å². The average Bonchev–Trinajstić information content (AvgIpc) is 2.06. The van der Waals surface area contributed by atoms with Gasteiger partial charge in [-0.3, -0.25) is 4.79 Å². The Hall–Kier alpha value is -0.750. The van der Waals surface area contributed by atoms with Crippen LogP contribution in [0.15, 0.2) is 0 Å². The van der Waals surface area contributed by atoms with Gasteiger partial charge in [-0.2, -0.15) is 8.78 Å². The highest BCUT2D eigenvalue weighted by molar-refractivity contribution is 5.81. The van der Waals surface area contributed by atoms with Crippen molar-refractivity contribution in [3.8, 4) is 0 Å². The molecule has 6 heteroatoms. The van der Waals surface area contributed by atoms with Crippen molar-refractivity contribution in [2.24, 2.45) is 5.73 Å². The Morgan fingerprint density at radius 2 is 1.92 bits per heavy atom. The summed E-state index contributed by atoms with van der Waals surface area (Å²) >= 11 is 0. The zero-order valence-corrected chi connectivity index (χ0v) is 6.43. The Bertz CT molecular complexity index is 180. The molecule has 1 amide bonds. The number of rotatable bonds is 2. The zero-order chi connectivity index (χ0) is 9.19. The fourth-order valence-electron chi connectivity index (χ4n) is 1.00. The van der Waals surface area contributed by atoms with Crippen LogP contribution < -0.4 is 5.73 Å². The minimum absolute atomic E-state index is 0.0376. The van der Waals surface area contributed by atoms with Crippen LogP contribution in [0.1, 0.15) is 0 Å². The second kappa shape index (κ2) is 3.32. The lowest BCUT2D eigenvalue weighted by Crippen LogP contribution is -2.55. The minimum Gasteiger partial charge on any atom is -0.379 e. The van der Waals surface area contributed by atoms with E-state index in [2.05, 4.69) is 5.73 Å². The molecule has 12 heavy (non-hydrogen) atoms. The molecule has 0 radical (unpaired) electrons. The van der Waals surface area contributed by atoms with Gasteiger partial charge in [0.25, 0.3) is 0 Å². The van der Waals surface area contributed by atoms with E-state index in [-0.39, 0.29) is 26.3 Å². The van der Waals surface area contributed by atoms with E-state index in [1.165, 1.54) is 0 Å². The van der Waals surface area contributed by atoms with E-state index in [9.17, 15) is 13.6 Å². The third-order valence-corrected chi connectivity index (χ3v) is 1.70. The van der Waals surface area contributed by atoms with Crippen molar-refractivity contribution in [3.63, 3.8) is 0 Å². The average molecular weight is 180 g/mol. The van der Waals surface area contributed by atoms with E-state index in [1.54, 1.807) is 0 Å². The molecule has 0 aromatic heterocycles. The lowest BCUT2D eigenvalue weighted by atomic mass is 10.3. The van der Waals surface area contributed by atoms with Crippen molar-refractivity contribution in [2.75, 3.05) is 26.3 Å². The highest BCUT2D eigenvalue weighted by Crippen LogP contribution is 2.19. The van der Waals surface area contributed by atoms with Crippen molar-refractivity contribution in [2.45, 2.75) is 6.05 Å². The number of carbonyl (C=O) groups excluding carboxylic acids is 1. The summed E-state index contributed by atoms with van der Waals surface area (Å²) in [6.07, 6.45) is 0. The molecule has 0 spiro atoms. The number of morpholine rings is 1. The summed E-state index contributed by atoms with van der Waals surface area (Å²) in [5.41, 5.74) is 4.53. The number of nitrogens with zero attached hydrogens (tertiary/aromatic N) is 1. The van der Waals surface area contributed by atoms with Crippen LogP contribution in [-0.2, 0) is 9.53 Å². The third kappa shape index (κ3) is 1.70. The fourth-order valence-corrected chi connectivity index (χ4v) is 1.00. The zero-order valence-electron chi connectivity index (χ0n) is 6.43. The topological polar surface area (TPSA) is 55.6 Å². The van der Waals surface area contributed by atoms with Crippen LogP contribution in [0.2, 0.25) is 0 Å². The maximum atomic E-state index is 12.8. The first kappa shape index (κ1) is 9.34. The summed E-state index contributed by atoms with van der Waals surface area (Å²) in [5.74, 6) is -1.61. The number of ether oxygens (including phenoxy) is 1. The van der Waals surface area contributed by atoms with Crippen molar-refractivity contribution in [1.82, 2.24) is 4.90 Å². The molecule has 1 aliphatic rings. The van der Waals surface area contributed by atoms with Crippen molar-refractivity contribution >= 4 is 5.91 Å². The normalized spacial score (nSPS) is 20.8. The first-order valence-corrected chi connectivity index (χ1v) is 3.55. The number of nitrogens with two attached hydrogens (primary N) is 1. The smallest absolute Gasteiger partial charge is 0.379 e. The van der Waals surface area contributed by atoms with Gasteiger partial charge in [0.15, 0.2) is 0 Å². The Morgan fingerprint density at radius 1 is 1.42 bits per heavy atom. The van der Waals surface area contributed by atoms with Crippen LogP contribution in [0, 0.1) is 0 Å². The molecular weight excluding hydrogens is 170 g/mol. The SMILES string of the molecule is NC(=O)C(F)(F)N1CCOCC1. The van der Waals surface area contributed by atoms with E-state index >= 15 is 0 Å². The van der Waals surface area contributed by atoms with Crippen molar-refractivity contribution < 1.29 is 18.3 Å². The summed E-state index contributed by atoms with van der Waals surface area (Å²) in [7, 11) is 0. The van der Waals surface area contributed by atoms with E-state index in [4.69, 9.17) is 4.74 Å². The second-order valence-corrected chi connectivity index (χ2v) is 2.50. The van der Waals surface area contributed by atoms with Crippen LogP contribution in [0.4, 0.5) is 8.78 Å². The standard InChI is InChI=1S/C6H10F2N2O2/c7-6(8,5(9)11)10-1-3-12-4-2-10/h1-4H2,(H2,9,11). The van der Waals surface area contributed by atoms with E-state index in [0.29, 0.717) is 0 Å². The first-order valence-electron chi connectivity index (χ1n) is 3.55.